The fourth-order valence-electron chi connectivity index (χ4n) is 3.94. The van der Waals surface area contributed by atoms with E-state index < -0.39 is 10.0 Å². The lowest BCUT2D eigenvalue weighted by atomic mass is 10.2. The highest BCUT2D eigenvalue weighted by molar-refractivity contribution is 7.88. The summed E-state index contributed by atoms with van der Waals surface area (Å²) in [6, 6.07) is 17.6. The molecule has 1 aliphatic rings. The molecule has 4 rings (SSSR count). The van der Waals surface area contributed by atoms with E-state index in [1.807, 2.05) is 42.5 Å². The van der Waals surface area contributed by atoms with Crippen LogP contribution >= 0.6 is 12.2 Å². The molecule has 154 valence electrons. The third-order valence-electron chi connectivity index (χ3n) is 5.50. The average molecular weight is 431 g/mol. The molecule has 0 bridgehead atoms. The number of nitrogens with zero attached hydrogens (tertiary/aromatic N) is 4. The number of benzene rings is 2. The number of imidazole rings is 1. The molecule has 0 N–H and O–H groups in total. The Morgan fingerprint density at radius 3 is 2.07 bits per heavy atom. The normalized spacial score (nSPS) is 16.4. The summed E-state index contributed by atoms with van der Waals surface area (Å²) in [5, 5.41) is 0. The molecule has 0 atom stereocenters. The van der Waals surface area contributed by atoms with Crippen molar-refractivity contribution in [1.29, 1.82) is 0 Å². The van der Waals surface area contributed by atoms with Crippen molar-refractivity contribution in [1.82, 2.24) is 18.3 Å². The predicted octanol–water partition coefficient (Wildman–Crippen LogP) is 3.30. The Morgan fingerprint density at radius 2 is 1.45 bits per heavy atom. The number of piperazine rings is 1. The van der Waals surface area contributed by atoms with Crippen LogP contribution in [0.1, 0.15) is 12.5 Å². The first kappa shape index (κ1) is 20.3. The molecule has 29 heavy (non-hydrogen) atoms. The minimum absolute atomic E-state index is 0.0584. The number of sulfonamides is 1. The minimum Gasteiger partial charge on any atom is -0.317 e. The molecule has 1 aliphatic heterocycles. The van der Waals surface area contributed by atoms with Crippen LogP contribution < -0.4 is 0 Å². The second-order valence-corrected chi connectivity index (χ2v) is 9.68. The van der Waals surface area contributed by atoms with E-state index in [0.717, 1.165) is 27.9 Å². The third-order valence-corrected chi connectivity index (χ3v) is 7.79. The number of aryl methyl sites for hydroxylation is 1. The highest BCUT2D eigenvalue weighted by Gasteiger charge is 2.27. The maximum absolute atomic E-state index is 12.8. The molecular formula is C21H26N4O2S2. The fourth-order valence-corrected chi connectivity index (χ4v) is 5.84. The summed E-state index contributed by atoms with van der Waals surface area (Å²) >= 11 is 5.71. The van der Waals surface area contributed by atoms with Gasteiger partial charge in [0.05, 0.1) is 23.5 Å². The molecule has 0 spiro atoms. The van der Waals surface area contributed by atoms with Gasteiger partial charge in [-0.05, 0) is 36.8 Å². The first-order valence-electron chi connectivity index (χ1n) is 9.92. The molecule has 1 fully saturated rings. The van der Waals surface area contributed by atoms with E-state index >= 15 is 0 Å². The van der Waals surface area contributed by atoms with Crippen molar-refractivity contribution in [3.63, 3.8) is 0 Å². The fraction of sp³-hybridized carbons (Fsp3) is 0.381. The van der Waals surface area contributed by atoms with Gasteiger partial charge in [0, 0.05) is 32.7 Å². The third kappa shape index (κ3) is 4.16. The first-order chi connectivity index (χ1) is 14.0. The van der Waals surface area contributed by atoms with Gasteiger partial charge in [-0.1, -0.05) is 42.5 Å². The number of hydrogen-bond acceptors (Lipinski definition) is 4. The molecule has 2 aromatic carbocycles. The van der Waals surface area contributed by atoms with E-state index in [1.165, 1.54) is 0 Å². The topological polar surface area (TPSA) is 50.5 Å². The van der Waals surface area contributed by atoms with E-state index in [-0.39, 0.29) is 5.75 Å². The Bertz CT molecular complexity index is 1140. The second-order valence-electron chi connectivity index (χ2n) is 7.34. The molecule has 0 unspecified atom stereocenters. The number of para-hydroxylation sites is 2. The lowest BCUT2D eigenvalue weighted by Gasteiger charge is -2.34. The van der Waals surface area contributed by atoms with Crippen molar-refractivity contribution < 1.29 is 8.42 Å². The molecule has 2 heterocycles. The van der Waals surface area contributed by atoms with Crippen molar-refractivity contribution in [3.8, 4) is 0 Å². The number of hydrogen-bond donors (Lipinski definition) is 0. The largest absolute Gasteiger partial charge is 0.317 e. The van der Waals surface area contributed by atoms with Gasteiger partial charge in [0.15, 0.2) is 4.77 Å². The number of rotatable bonds is 6. The van der Waals surface area contributed by atoms with Crippen LogP contribution in [0.3, 0.4) is 0 Å². The Hall–Kier alpha value is -2.00. The molecule has 8 heteroatoms. The van der Waals surface area contributed by atoms with E-state index in [2.05, 4.69) is 33.1 Å². The van der Waals surface area contributed by atoms with Gasteiger partial charge >= 0.3 is 0 Å². The van der Waals surface area contributed by atoms with Gasteiger partial charge in [-0.25, -0.2) is 8.42 Å². The van der Waals surface area contributed by atoms with Crippen LogP contribution in [0, 0.1) is 4.77 Å². The van der Waals surface area contributed by atoms with Gasteiger partial charge in [0.1, 0.15) is 0 Å². The van der Waals surface area contributed by atoms with Crippen LogP contribution in [0.2, 0.25) is 0 Å². The SMILES string of the molecule is CCn1c(=S)n(CN2CCN(S(=O)(=O)Cc3ccccc3)CC2)c2ccccc21. The van der Waals surface area contributed by atoms with Crippen LogP contribution in [0.5, 0.6) is 0 Å². The van der Waals surface area contributed by atoms with Crippen molar-refractivity contribution in [2.45, 2.75) is 25.9 Å². The van der Waals surface area contributed by atoms with Crippen LogP contribution in [0.25, 0.3) is 11.0 Å². The van der Waals surface area contributed by atoms with Crippen LogP contribution in [-0.4, -0.2) is 52.9 Å². The molecule has 0 amide bonds. The van der Waals surface area contributed by atoms with Gasteiger partial charge in [0.25, 0.3) is 0 Å². The van der Waals surface area contributed by atoms with Gasteiger partial charge < -0.3 is 9.13 Å². The predicted molar refractivity (Wildman–Crippen MR) is 119 cm³/mol. The monoisotopic (exact) mass is 430 g/mol. The minimum atomic E-state index is -3.30. The Morgan fingerprint density at radius 1 is 0.862 bits per heavy atom. The van der Waals surface area contributed by atoms with Crippen molar-refractivity contribution in [2.75, 3.05) is 26.2 Å². The Balaban J connectivity index is 1.45. The summed E-state index contributed by atoms with van der Waals surface area (Å²) in [6.07, 6.45) is 0. The molecule has 0 aliphatic carbocycles. The zero-order chi connectivity index (χ0) is 20.4. The summed E-state index contributed by atoms with van der Waals surface area (Å²) < 4.78 is 32.3. The summed E-state index contributed by atoms with van der Waals surface area (Å²) in [4.78, 5) is 2.27. The Kier molecular flexibility index (Phi) is 5.87. The van der Waals surface area contributed by atoms with Crippen LogP contribution in [0.15, 0.2) is 54.6 Å². The average Bonchev–Trinajstić information content (AvgIpc) is 3.00. The van der Waals surface area contributed by atoms with Crippen LogP contribution in [-0.2, 0) is 29.0 Å². The van der Waals surface area contributed by atoms with Crippen LogP contribution in [0.4, 0.5) is 0 Å². The van der Waals surface area contributed by atoms with Gasteiger partial charge in [0.2, 0.25) is 10.0 Å². The molecule has 3 aromatic rings. The van der Waals surface area contributed by atoms with Crippen molar-refractivity contribution in [3.05, 3.63) is 64.9 Å². The summed E-state index contributed by atoms with van der Waals surface area (Å²) in [5.41, 5.74) is 3.09. The molecule has 6 nitrogen and oxygen atoms in total. The molecule has 0 saturated carbocycles. The van der Waals surface area contributed by atoms with E-state index in [9.17, 15) is 8.42 Å². The number of aromatic nitrogens is 2. The zero-order valence-electron chi connectivity index (χ0n) is 16.6. The highest BCUT2D eigenvalue weighted by atomic mass is 32.2. The summed E-state index contributed by atoms with van der Waals surface area (Å²) in [6.45, 7) is 6.02. The maximum atomic E-state index is 12.8. The van der Waals surface area contributed by atoms with Crippen molar-refractivity contribution in [2.24, 2.45) is 0 Å². The second kappa shape index (κ2) is 8.39. The molecule has 0 radical (unpaired) electrons. The van der Waals surface area contributed by atoms with Gasteiger partial charge in [-0.3, -0.25) is 4.90 Å². The van der Waals surface area contributed by atoms with Crippen molar-refractivity contribution >= 4 is 33.3 Å². The smallest absolute Gasteiger partial charge is 0.218 e. The zero-order valence-corrected chi connectivity index (χ0v) is 18.2. The summed E-state index contributed by atoms with van der Waals surface area (Å²) in [5.74, 6) is 0.0584. The van der Waals surface area contributed by atoms with Gasteiger partial charge in [-0.15, -0.1) is 0 Å². The molecule has 1 saturated heterocycles. The van der Waals surface area contributed by atoms with E-state index in [1.54, 1.807) is 4.31 Å². The lowest BCUT2D eigenvalue weighted by molar-refractivity contribution is 0.153. The number of fused-ring (bicyclic) bond motifs is 1. The molecule has 1 aromatic heterocycles. The maximum Gasteiger partial charge on any atom is 0.218 e. The Labute approximate surface area is 177 Å². The highest BCUT2D eigenvalue weighted by Crippen LogP contribution is 2.20. The molecular weight excluding hydrogens is 404 g/mol. The van der Waals surface area contributed by atoms with E-state index in [0.29, 0.717) is 32.8 Å². The quantitative estimate of drug-likeness (QED) is 0.563. The standard InChI is InChI=1S/C21H26N4O2S2/c1-2-24-19-10-6-7-11-20(19)25(21(24)28)17-22-12-14-23(15-13-22)29(26,27)16-18-8-4-3-5-9-18/h3-11H,2,12-17H2,1H3. The summed E-state index contributed by atoms with van der Waals surface area (Å²) in [7, 11) is -3.30. The van der Waals surface area contributed by atoms with E-state index in [4.69, 9.17) is 12.2 Å². The first-order valence-corrected chi connectivity index (χ1v) is 11.9. The lowest BCUT2D eigenvalue weighted by Crippen LogP contribution is -2.49. The van der Waals surface area contributed by atoms with Gasteiger partial charge in [-0.2, -0.15) is 4.31 Å².